The predicted octanol–water partition coefficient (Wildman–Crippen LogP) is 2.65. The van der Waals surface area contributed by atoms with Crippen molar-refractivity contribution in [2.75, 3.05) is 0 Å². The number of hydrogen-bond acceptors (Lipinski definition) is 1. The molecule has 0 aromatic carbocycles. The molecule has 2 aliphatic rings. The summed E-state index contributed by atoms with van der Waals surface area (Å²) in [6, 6.07) is 0. The van der Waals surface area contributed by atoms with Crippen LogP contribution in [-0.2, 0) is 0 Å². The summed E-state index contributed by atoms with van der Waals surface area (Å²) in [5.74, 6) is 0. The molecule has 1 spiro atoms. The zero-order chi connectivity index (χ0) is 8.44. The second-order valence-corrected chi connectivity index (χ2v) is 4.34. The van der Waals surface area contributed by atoms with E-state index in [4.69, 9.17) is 0 Å². The third kappa shape index (κ3) is 1.31. The van der Waals surface area contributed by atoms with Crippen LogP contribution in [0.25, 0.3) is 0 Å². The summed E-state index contributed by atoms with van der Waals surface area (Å²) < 4.78 is 0. The zero-order valence-corrected chi connectivity index (χ0v) is 7.63. The van der Waals surface area contributed by atoms with Gasteiger partial charge in [0, 0.05) is 5.41 Å². The molecule has 68 valence electrons. The first-order valence-electron chi connectivity index (χ1n) is 5.17. The van der Waals surface area contributed by atoms with E-state index in [1.54, 1.807) is 0 Å². The van der Waals surface area contributed by atoms with Crippen LogP contribution in [0.2, 0.25) is 0 Å². The molecule has 0 aromatic heterocycles. The Morgan fingerprint density at radius 1 is 1.17 bits per heavy atom. The van der Waals surface area contributed by atoms with E-state index in [1.807, 2.05) is 0 Å². The van der Waals surface area contributed by atoms with Gasteiger partial charge in [-0.3, -0.25) is 0 Å². The third-order valence-electron chi connectivity index (χ3n) is 3.61. The number of aliphatic hydroxyl groups excluding tert-OH is 1. The van der Waals surface area contributed by atoms with Gasteiger partial charge in [-0.1, -0.05) is 25.0 Å². The van der Waals surface area contributed by atoms with Crippen LogP contribution in [0.5, 0.6) is 0 Å². The van der Waals surface area contributed by atoms with Gasteiger partial charge in [-0.05, 0) is 32.1 Å². The fourth-order valence-corrected chi connectivity index (χ4v) is 2.73. The normalized spacial score (nSPS) is 41.9. The average Bonchev–Trinajstić information content (AvgIpc) is 2.12. The lowest BCUT2D eigenvalue weighted by Crippen LogP contribution is -2.38. The van der Waals surface area contributed by atoms with E-state index >= 15 is 0 Å². The van der Waals surface area contributed by atoms with Crippen LogP contribution in [0, 0.1) is 5.41 Å². The molecule has 0 amide bonds. The van der Waals surface area contributed by atoms with Gasteiger partial charge in [0.1, 0.15) is 0 Å². The number of allylic oxidation sites excluding steroid dienone is 2. The maximum absolute atomic E-state index is 9.95. The number of rotatable bonds is 0. The molecule has 2 atom stereocenters. The van der Waals surface area contributed by atoms with E-state index in [2.05, 4.69) is 12.2 Å². The standard InChI is InChI=1S/C11H18O/c12-10-6-2-5-9-11(10)7-3-1-4-8-11/h1,3,10,12H,2,4-9H2. The van der Waals surface area contributed by atoms with Gasteiger partial charge < -0.3 is 5.11 Å². The van der Waals surface area contributed by atoms with Crippen LogP contribution >= 0.6 is 0 Å². The molecular formula is C11H18O. The fraction of sp³-hybridized carbons (Fsp3) is 0.818. The van der Waals surface area contributed by atoms with Gasteiger partial charge in [0.15, 0.2) is 0 Å². The molecule has 0 aliphatic heterocycles. The van der Waals surface area contributed by atoms with Crippen molar-refractivity contribution in [3.8, 4) is 0 Å². The summed E-state index contributed by atoms with van der Waals surface area (Å²) in [5.41, 5.74) is 0.285. The van der Waals surface area contributed by atoms with Gasteiger partial charge in [-0.25, -0.2) is 0 Å². The quantitative estimate of drug-likeness (QED) is 0.548. The van der Waals surface area contributed by atoms with Crippen molar-refractivity contribution >= 4 is 0 Å². The van der Waals surface area contributed by atoms with E-state index in [0.717, 1.165) is 12.8 Å². The molecule has 1 heteroatoms. The molecule has 1 N–H and O–H groups in total. The Hall–Kier alpha value is -0.300. The summed E-state index contributed by atoms with van der Waals surface area (Å²) in [4.78, 5) is 0. The van der Waals surface area contributed by atoms with Crippen LogP contribution in [-0.4, -0.2) is 11.2 Å². The molecule has 1 saturated carbocycles. The second kappa shape index (κ2) is 3.21. The van der Waals surface area contributed by atoms with Crippen molar-refractivity contribution in [2.24, 2.45) is 5.41 Å². The molecule has 2 rings (SSSR count). The van der Waals surface area contributed by atoms with E-state index in [0.29, 0.717) is 0 Å². The Labute approximate surface area is 74.5 Å². The molecule has 2 unspecified atom stereocenters. The van der Waals surface area contributed by atoms with E-state index in [-0.39, 0.29) is 11.5 Å². The second-order valence-electron chi connectivity index (χ2n) is 4.34. The Balaban J connectivity index is 2.10. The highest BCUT2D eigenvalue weighted by Crippen LogP contribution is 2.45. The van der Waals surface area contributed by atoms with Crippen molar-refractivity contribution in [1.29, 1.82) is 0 Å². The van der Waals surface area contributed by atoms with E-state index < -0.39 is 0 Å². The Morgan fingerprint density at radius 2 is 2.08 bits per heavy atom. The molecular weight excluding hydrogens is 148 g/mol. The molecule has 0 bridgehead atoms. The molecule has 1 nitrogen and oxygen atoms in total. The van der Waals surface area contributed by atoms with Crippen molar-refractivity contribution in [3.05, 3.63) is 12.2 Å². The summed E-state index contributed by atoms with van der Waals surface area (Å²) in [7, 11) is 0. The first kappa shape index (κ1) is 8.31. The van der Waals surface area contributed by atoms with Crippen LogP contribution in [0.15, 0.2) is 12.2 Å². The van der Waals surface area contributed by atoms with Gasteiger partial charge in [0.05, 0.1) is 6.10 Å². The fourth-order valence-electron chi connectivity index (χ4n) is 2.73. The number of hydrogen-bond donors (Lipinski definition) is 1. The average molecular weight is 166 g/mol. The Bertz CT molecular complexity index is 185. The third-order valence-corrected chi connectivity index (χ3v) is 3.61. The van der Waals surface area contributed by atoms with E-state index in [1.165, 1.54) is 32.1 Å². The minimum Gasteiger partial charge on any atom is -0.393 e. The lowest BCUT2D eigenvalue weighted by molar-refractivity contribution is -0.0181. The van der Waals surface area contributed by atoms with Crippen molar-refractivity contribution in [3.63, 3.8) is 0 Å². The first-order chi connectivity index (χ1) is 5.83. The van der Waals surface area contributed by atoms with Crippen molar-refractivity contribution < 1.29 is 5.11 Å². The van der Waals surface area contributed by atoms with Gasteiger partial charge in [0.25, 0.3) is 0 Å². The molecule has 0 heterocycles. The molecule has 1 fully saturated rings. The molecule has 12 heavy (non-hydrogen) atoms. The SMILES string of the molecule is OC1CCCCC12CC=CCC2. The molecule has 0 aromatic rings. The maximum Gasteiger partial charge on any atom is 0.0599 e. The molecule has 0 saturated heterocycles. The zero-order valence-electron chi connectivity index (χ0n) is 7.63. The minimum atomic E-state index is -0.0174. The van der Waals surface area contributed by atoms with Crippen LogP contribution in [0.3, 0.4) is 0 Å². The largest absolute Gasteiger partial charge is 0.393 e. The maximum atomic E-state index is 9.95. The van der Waals surface area contributed by atoms with Gasteiger partial charge in [-0.2, -0.15) is 0 Å². The summed E-state index contributed by atoms with van der Waals surface area (Å²) >= 11 is 0. The highest BCUT2D eigenvalue weighted by atomic mass is 16.3. The summed E-state index contributed by atoms with van der Waals surface area (Å²) in [5, 5.41) is 9.95. The predicted molar refractivity (Wildman–Crippen MR) is 49.9 cm³/mol. The smallest absolute Gasteiger partial charge is 0.0599 e. The van der Waals surface area contributed by atoms with Gasteiger partial charge >= 0.3 is 0 Å². The lowest BCUT2D eigenvalue weighted by Gasteiger charge is -2.42. The monoisotopic (exact) mass is 166 g/mol. The summed E-state index contributed by atoms with van der Waals surface area (Å²) in [6.45, 7) is 0. The first-order valence-corrected chi connectivity index (χ1v) is 5.17. The molecule has 0 radical (unpaired) electrons. The van der Waals surface area contributed by atoms with Crippen molar-refractivity contribution in [1.82, 2.24) is 0 Å². The Morgan fingerprint density at radius 3 is 2.75 bits per heavy atom. The highest BCUT2D eigenvalue weighted by Gasteiger charge is 2.38. The van der Waals surface area contributed by atoms with Crippen molar-refractivity contribution in [2.45, 2.75) is 51.0 Å². The minimum absolute atomic E-state index is 0.0174. The topological polar surface area (TPSA) is 20.2 Å². The van der Waals surface area contributed by atoms with Crippen LogP contribution < -0.4 is 0 Å². The van der Waals surface area contributed by atoms with Crippen LogP contribution in [0.1, 0.15) is 44.9 Å². The Kier molecular flexibility index (Phi) is 2.22. The lowest BCUT2D eigenvalue weighted by atomic mass is 9.65. The van der Waals surface area contributed by atoms with Gasteiger partial charge in [-0.15, -0.1) is 0 Å². The van der Waals surface area contributed by atoms with Gasteiger partial charge in [0.2, 0.25) is 0 Å². The molecule has 2 aliphatic carbocycles. The van der Waals surface area contributed by atoms with E-state index in [9.17, 15) is 5.11 Å². The highest BCUT2D eigenvalue weighted by molar-refractivity contribution is 5.02. The van der Waals surface area contributed by atoms with Crippen LogP contribution in [0.4, 0.5) is 0 Å². The summed E-state index contributed by atoms with van der Waals surface area (Å²) in [6.07, 6.45) is 12.8. The number of aliphatic hydroxyl groups is 1.